The van der Waals surface area contributed by atoms with Gasteiger partial charge in [-0.3, -0.25) is 10.1 Å². The lowest BCUT2D eigenvalue weighted by atomic mass is 10.3. The molecule has 2 aromatic rings. The molecule has 0 aliphatic carbocycles. The van der Waals surface area contributed by atoms with Crippen LogP contribution >= 0.6 is 23.2 Å². The third kappa shape index (κ3) is 3.32. The summed E-state index contributed by atoms with van der Waals surface area (Å²) < 4.78 is 26.5. The molecule has 2 rings (SSSR count). The number of nitrogens with one attached hydrogen (secondary N) is 2. The van der Waals surface area contributed by atoms with Crippen molar-refractivity contribution >= 4 is 38.9 Å². The van der Waals surface area contributed by atoms with Crippen LogP contribution in [0.5, 0.6) is 0 Å². The third-order valence-electron chi connectivity index (χ3n) is 2.51. The van der Waals surface area contributed by atoms with Crippen LogP contribution in [0.15, 0.2) is 29.6 Å². The minimum absolute atomic E-state index is 0.0604. The summed E-state index contributed by atoms with van der Waals surface area (Å²) in [6.07, 6.45) is 2.83. The number of aromatic amines is 1. The molecule has 8 nitrogen and oxygen atoms in total. The van der Waals surface area contributed by atoms with E-state index in [0.717, 1.165) is 12.1 Å². The number of nitro groups is 1. The van der Waals surface area contributed by atoms with Gasteiger partial charge in [0.1, 0.15) is 14.9 Å². The summed E-state index contributed by atoms with van der Waals surface area (Å²) in [5.41, 5.74) is -0.124. The second-order valence-corrected chi connectivity index (χ2v) is 6.39. The molecule has 0 saturated heterocycles. The van der Waals surface area contributed by atoms with Crippen LogP contribution in [-0.2, 0) is 16.6 Å². The second kappa shape index (κ2) is 5.98. The zero-order valence-electron chi connectivity index (χ0n) is 10.2. The summed E-state index contributed by atoms with van der Waals surface area (Å²) in [7, 11) is -4.03. The molecule has 0 aliphatic heterocycles. The molecule has 0 radical (unpaired) electrons. The molecule has 0 spiro atoms. The molecule has 0 unspecified atom stereocenters. The topological polar surface area (TPSA) is 118 Å². The highest BCUT2D eigenvalue weighted by Gasteiger charge is 2.27. The van der Waals surface area contributed by atoms with Gasteiger partial charge in [0, 0.05) is 11.9 Å². The minimum atomic E-state index is -4.03. The average molecular weight is 351 g/mol. The fourth-order valence-electron chi connectivity index (χ4n) is 1.53. The highest BCUT2D eigenvalue weighted by Crippen LogP contribution is 2.36. The summed E-state index contributed by atoms with van der Waals surface area (Å²) in [5.74, 6) is 0. The number of benzene rings is 1. The maximum atomic E-state index is 12.1. The van der Waals surface area contributed by atoms with Crippen molar-refractivity contribution in [3.8, 4) is 0 Å². The number of hydrogen-bond donors (Lipinski definition) is 2. The molecule has 0 atom stereocenters. The van der Waals surface area contributed by atoms with Gasteiger partial charge in [-0.25, -0.2) is 18.1 Å². The van der Waals surface area contributed by atoms with Crippen LogP contribution < -0.4 is 4.72 Å². The van der Waals surface area contributed by atoms with Crippen LogP contribution in [0.25, 0.3) is 0 Å². The highest BCUT2D eigenvalue weighted by atomic mass is 35.5. The predicted octanol–water partition coefficient (Wildman–Crippen LogP) is 2.10. The van der Waals surface area contributed by atoms with Crippen LogP contribution in [0.2, 0.25) is 10.0 Å². The number of nitrogens with zero attached hydrogens (tertiary/aromatic N) is 2. The number of aromatic nitrogens is 2. The number of nitro benzene ring substituents is 1. The van der Waals surface area contributed by atoms with E-state index < -0.39 is 30.6 Å². The van der Waals surface area contributed by atoms with Crippen molar-refractivity contribution in [2.45, 2.75) is 11.4 Å². The van der Waals surface area contributed by atoms with Crippen molar-refractivity contribution in [2.75, 3.05) is 0 Å². The SMILES string of the molecule is O=[N+]([O-])c1c(Cl)ccc(S(=O)(=O)NCc2cnc[nH]2)c1Cl. The maximum Gasteiger partial charge on any atom is 0.307 e. The molecule has 0 saturated carbocycles. The summed E-state index contributed by atoms with van der Waals surface area (Å²) in [6, 6.07) is 2.21. The van der Waals surface area contributed by atoms with Crippen LogP contribution in [-0.4, -0.2) is 23.3 Å². The molecule has 1 heterocycles. The van der Waals surface area contributed by atoms with Crippen LogP contribution in [0.4, 0.5) is 5.69 Å². The van der Waals surface area contributed by atoms with Crippen molar-refractivity contribution in [1.82, 2.24) is 14.7 Å². The second-order valence-electron chi connectivity index (χ2n) is 3.87. The van der Waals surface area contributed by atoms with E-state index in [1.165, 1.54) is 12.5 Å². The Bertz CT molecular complexity index is 777. The van der Waals surface area contributed by atoms with Gasteiger partial charge in [-0.05, 0) is 12.1 Å². The number of sulfonamides is 1. The zero-order chi connectivity index (χ0) is 15.6. The Kier molecular flexibility index (Phi) is 4.47. The molecule has 0 bridgehead atoms. The van der Waals surface area contributed by atoms with Crippen molar-refractivity contribution in [1.29, 1.82) is 0 Å². The molecule has 21 heavy (non-hydrogen) atoms. The quantitative estimate of drug-likeness (QED) is 0.632. The molecule has 11 heteroatoms. The zero-order valence-corrected chi connectivity index (χ0v) is 12.5. The van der Waals surface area contributed by atoms with Gasteiger partial charge in [-0.15, -0.1) is 0 Å². The molecular formula is C10H8Cl2N4O4S. The smallest absolute Gasteiger partial charge is 0.307 e. The first-order valence-corrected chi connectivity index (χ1v) is 7.66. The summed E-state index contributed by atoms with van der Waals surface area (Å²) in [4.78, 5) is 16.1. The van der Waals surface area contributed by atoms with Crippen molar-refractivity contribution in [2.24, 2.45) is 0 Å². The van der Waals surface area contributed by atoms with Gasteiger partial charge in [-0.1, -0.05) is 23.2 Å². The molecule has 0 amide bonds. The Morgan fingerprint density at radius 1 is 1.38 bits per heavy atom. The lowest BCUT2D eigenvalue weighted by Crippen LogP contribution is -2.24. The van der Waals surface area contributed by atoms with E-state index in [4.69, 9.17) is 23.2 Å². The third-order valence-corrected chi connectivity index (χ3v) is 4.75. The van der Waals surface area contributed by atoms with Gasteiger partial charge in [0.15, 0.2) is 0 Å². The predicted molar refractivity (Wildman–Crippen MR) is 75.7 cm³/mol. The standard InChI is InChI=1S/C10H8Cl2N4O4S/c11-7-1-2-8(9(12)10(7)16(17)18)21(19,20)15-4-6-3-13-5-14-6/h1-3,5,15H,4H2,(H,13,14). The molecule has 2 N–H and O–H groups in total. The van der Waals surface area contributed by atoms with E-state index in [1.807, 2.05) is 0 Å². The largest absolute Gasteiger partial charge is 0.347 e. The van der Waals surface area contributed by atoms with E-state index in [1.54, 1.807) is 0 Å². The first kappa shape index (κ1) is 15.7. The molecule has 0 aliphatic rings. The van der Waals surface area contributed by atoms with Crippen molar-refractivity contribution < 1.29 is 13.3 Å². The Hall–Kier alpha value is -1.68. The molecule has 112 valence electrons. The highest BCUT2D eigenvalue weighted by molar-refractivity contribution is 7.89. The normalized spacial score (nSPS) is 11.5. The van der Waals surface area contributed by atoms with Gasteiger partial charge in [-0.2, -0.15) is 0 Å². The van der Waals surface area contributed by atoms with E-state index in [2.05, 4.69) is 14.7 Å². The number of hydrogen-bond acceptors (Lipinski definition) is 5. The van der Waals surface area contributed by atoms with Gasteiger partial charge in [0.25, 0.3) is 0 Å². The van der Waals surface area contributed by atoms with Gasteiger partial charge >= 0.3 is 5.69 Å². The van der Waals surface area contributed by atoms with Crippen LogP contribution in [0, 0.1) is 10.1 Å². The number of H-pyrrole nitrogens is 1. The van der Waals surface area contributed by atoms with Crippen LogP contribution in [0.3, 0.4) is 0 Å². The summed E-state index contributed by atoms with van der Waals surface area (Å²) >= 11 is 11.4. The van der Waals surface area contributed by atoms with Crippen molar-refractivity contribution in [3.05, 3.63) is 50.5 Å². The number of imidazole rings is 1. The fourth-order valence-corrected chi connectivity index (χ4v) is 3.42. The Balaban J connectivity index is 2.36. The maximum absolute atomic E-state index is 12.1. The first-order valence-electron chi connectivity index (χ1n) is 5.42. The molecular weight excluding hydrogens is 343 g/mol. The van der Waals surface area contributed by atoms with Crippen LogP contribution in [0.1, 0.15) is 5.69 Å². The average Bonchev–Trinajstić information content (AvgIpc) is 2.88. The Morgan fingerprint density at radius 2 is 2.10 bits per heavy atom. The lowest BCUT2D eigenvalue weighted by molar-refractivity contribution is -0.384. The van der Waals surface area contributed by atoms with E-state index in [9.17, 15) is 18.5 Å². The Morgan fingerprint density at radius 3 is 2.67 bits per heavy atom. The van der Waals surface area contributed by atoms with Gasteiger partial charge in [0.2, 0.25) is 10.0 Å². The van der Waals surface area contributed by atoms with Crippen molar-refractivity contribution in [3.63, 3.8) is 0 Å². The first-order chi connectivity index (χ1) is 9.83. The molecule has 1 aromatic carbocycles. The summed E-state index contributed by atoms with van der Waals surface area (Å²) in [6.45, 7) is -0.0604. The number of rotatable bonds is 5. The summed E-state index contributed by atoms with van der Waals surface area (Å²) in [5, 5.41) is 10.1. The molecule has 1 aromatic heterocycles. The minimum Gasteiger partial charge on any atom is -0.347 e. The van der Waals surface area contributed by atoms with Gasteiger partial charge < -0.3 is 4.98 Å². The van der Waals surface area contributed by atoms with Gasteiger partial charge in [0.05, 0.1) is 17.8 Å². The fraction of sp³-hybridized carbons (Fsp3) is 0.100. The Labute approximate surface area is 129 Å². The monoisotopic (exact) mass is 350 g/mol. The van der Waals surface area contributed by atoms with E-state index >= 15 is 0 Å². The van der Waals surface area contributed by atoms with E-state index in [-0.39, 0.29) is 11.6 Å². The lowest BCUT2D eigenvalue weighted by Gasteiger charge is -2.08. The van der Waals surface area contributed by atoms with E-state index in [0.29, 0.717) is 5.69 Å². The number of halogens is 2. The molecule has 0 fully saturated rings.